The van der Waals surface area contributed by atoms with Crippen LogP contribution in [0.1, 0.15) is 59.4 Å². The molecule has 0 aromatic carbocycles. The molecule has 9 heteroatoms. The molecule has 9 nitrogen and oxygen atoms in total. The summed E-state index contributed by atoms with van der Waals surface area (Å²) in [6, 6.07) is 1.43. The zero-order valence-corrected chi connectivity index (χ0v) is 17.4. The first-order chi connectivity index (χ1) is 13.8. The maximum Gasteiger partial charge on any atom is 0.325 e. The Morgan fingerprint density at radius 1 is 1.21 bits per heavy atom. The van der Waals surface area contributed by atoms with E-state index in [1.165, 1.54) is 0 Å². The Morgan fingerprint density at radius 2 is 1.90 bits per heavy atom. The summed E-state index contributed by atoms with van der Waals surface area (Å²) in [5, 5.41) is 10.6. The number of amides is 4. The summed E-state index contributed by atoms with van der Waals surface area (Å²) in [4.78, 5) is 43.1. The summed E-state index contributed by atoms with van der Waals surface area (Å²) in [5.41, 5.74) is 0.328. The van der Waals surface area contributed by atoms with Crippen molar-refractivity contribution in [3.63, 3.8) is 0 Å². The van der Waals surface area contributed by atoms with Gasteiger partial charge in [0.05, 0.1) is 18.1 Å². The number of rotatable bonds is 8. The first-order valence-electron chi connectivity index (χ1n) is 10.1. The monoisotopic (exact) mass is 400 g/mol. The lowest BCUT2D eigenvalue weighted by atomic mass is 9.88. The van der Waals surface area contributed by atoms with Crippen molar-refractivity contribution in [3.8, 4) is 0 Å². The number of hydrogen-bond donors (Lipinski definition) is 2. The predicted octanol–water partition coefficient (Wildman–Crippen LogP) is 2.84. The molecule has 1 aliphatic rings. The highest BCUT2D eigenvalue weighted by atomic mass is 16.2. The van der Waals surface area contributed by atoms with E-state index < -0.39 is 17.5 Å². The first kappa shape index (κ1) is 20.8. The van der Waals surface area contributed by atoms with Crippen LogP contribution in [0.4, 0.5) is 10.5 Å². The molecule has 1 aliphatic heterocycles. The van der Waals surface area contributed by atoms with Crippen molar-refractivity contribution in [3.05, 3.63) is 18.5 Å². The smallest absolute Gasteiger partial charge is 0.323 e. The lowest BCUT2D eigenvalue weighted by molar-refractivity contribution is -0.134. The fourth-order valence-electron chi connectivity index (χ4n) is 3.87. The summed E-state index contributed by atoms with van der Waals surface area (Å²) in [6.45, 7) is 7.63. The van der Waals surface area contributed by atoms with Crippen molar-refractivity contribution in [2.75, 3.05) is 11.9 Å². The quantitative estimate of drug-likeness (QED) is 0.662. The molecule has 156 valence electrons. The molecule has 0 atom stereocenters. The van der Waals surface area contributed by atoms with Crippen LogP contribution >= 0.6 is 0 Å². The summed E-state index contributed by atoms with van der Waals surface area (Å²) in [7, 11) is 0. The van der Waals surface area contributed by atoms with Gasteiger partial charge >= 0.3 is 6.03 Å². The Kier molecular flexibility index (Phi) is 5.86. The average molecular weight is 400 g/mol. The van der Waals surface area contributed by atoms with Gasteiger partial charge in [-0.1, -0.05) is 26.7 Å². The zero-order chi connectivity index (χ0) is 21.2. The molecule has 3 heterocycles. The van der Waals surface area contributed by atoms with Crippen molar-refractivity contribution < 1.29 is 14.4 Å². The molecular weight excluding hydrogens is 372 g/mol. The number of fused-ring (bicyclic) bond motifs is 1. The van der Waals surface area contributed by atoms with Crippen molar-refractivity contribution in [1.82, 2.24) is 25.0 Å². The number of anilines is 1. The van der Waals surface area contributed by atoms with Crippen LogP contribution in [-0.4, -0.2) is 49.6 Å². The number of imide groups is 1. The number of aromatic nitrogens is 3. The van der Waals surface area contributed by atoms with E-state index in [0.717, 1.165) is 28.8 Å². The molecular formula is C20H28N6O3. The van der Waals surface area contributed by atoms with Gasteiger partial charge in [-0.3, -0.25) is 14.5 Å². The van der Waals surface area contributed by atoms with Crippen molar-refractivity contribution in [1.29, 1.82) is 0 Å². The SMILES string of the molecule is CCCC1(CCC)NC(=O)N(CC(=O)Nc2cnc3c(cnn3C(C)C)c2)C1=O. The molecule has 0 unspecified atom stereocenters. The molecule has 0 aliphatic carbocycles. The van der Waals surface area contributed by atoms with Gasteiger partial charge in [0.2, 0.25) is 5.91 Å². The fourth-order valence-corrected chi connectivity index (χ4v) is 3.87. The number of carbonyl (C=O) groups excluding carboxylic acids is 3. The highest BCUT2D eigenvalue weighted by molar-refractivity contribution is 6.10. The van der Waals surface area contributed by atoms with Gasteiger partial charge in [0.15, 0.2) is 5.65 Å². The minimum Gasteiger partial charge on any atom is -0.323 e. The van der Waals surface area contributed by atoms with Gasteiger partial charge in [0.25, 0.3) is 5.91 Å². The Bertz CT molecular complexity index is 929. The number of pyridine rings is 1. The zero-order valence-electron chi connectivity index (χ0n) is 17.4. The number of hydrogen-bond acceptors (Lipinski definition) is 5. The van der Waals surface area contributed by atoms with Crippen molar-refractivity contribution in [2.45, 2.75) is 65.0 Å². The third-order valence-electron chi connectivity index (χ3n) is 5.11. The van der Waals surface area contributed by atoms with Crippen LogP contribution in [0, 0.1) is 0 Å². The van der Waals surface area contributed by atoms with Crippen LogP contribution in [0.25, 0.3) is 11.0 Å². The van der Waals surface area contributed by atoms with E-state index in [0.29, 0.717) is 18.5 Å². The van der Waals surface area contributed by atoms with Gasteiger partial charge in [0, 0.05) is 11.4 Å². The van der Waals surface area contributed by atoms with E-state index in [-0.39, 0.29) is 18.5 Å². The van der Waals surface area contributed by atoms with E-state index >= 15 is 0 Å². The molecule has 1 saturated heterocycles. The van der Waals surface area contributed by atoms with Crippen LogP contribution in [0.15, 0.2) is 18.5 Å². The molecule has 2 aromatic heterocycles. The molecule has 0 spiro atoms. The van der Waals surface area contributed by atoms with Gasteiger partial charge < -0.3 is 10.6 Å². The summed E-state index contributed by atoms with van der Waals surface area (Å²) >= 11 is 0. The van der Waals surface area contributed by atoms with E-state index in [2.05, 4.69) is 20.7 Å². The van der Waals surface area contributed by atoms with Crippen molar-refractivity contribution >= 4 is 34.6 Å². The summed E-state index contributed by atoms with van der Waals surface area (Å²) in [5.74, 6) is -0.775. The predicted molar refractivity (Wildman–Crippen MR) is 109 cm³/mol. The Labute approximate surface area is 169 Å². The van der Waals surface area contributed by atoms with Crippen LogP contribution in [0.5, 0.6) is 0 Å². The van der Waals surface area contributed by atoms with E-state index in [1.54, 1.807) is 23.1 Å². The van der Waals surface area contributed by atoms with Gasteiger partial charge in [0.1, 0.15) is 12.1 Å². The Morgan fingerprint density at radius 3 is 2.52 bits per heavy atom. The maximum absolute atomic E-state index is 12.9. The first-order valence-corrected chi connectivity index (χ1v) is 10.1. The number of nitrogens with one attached hydrogen (secondary N) is 2. The van der Waals surface area contributed by atoms with E-state index in [4.69, 9.17) is 0 Å². The Balaban J connectivity index is 1.71. The van der Waals surface area contributed by atoms with Crippen molar-refractivity contribution in [2.24, 2.45) is 0 Å². The van der Waals surface area contributed by atoms with Gasteiger partial charge in [-0.05, 0) is 32.8 Å². The number of nitrogens with zero attached hydrogens (tertiary/aromatic N) is 4. The number of urea groups is 1. The number of carbonyl (C=O) groups is 3. The van der Waals surface area contributed by atoms with E-state index in [1.807, 2.05) is 27.7 Å². The molecule has 0 radical (unpaired) electrons. The largest absolute Gasteiger partial charge is 0.325 e. The van der Waals surface area contributed by atoms with Gasteiger partial charge in [-0.2, -0.15) is 5.10 Å². The third-order valence-corrected chi connectivity index (χ3v) is 5.11. The third kappa shape index (κ3) is 3.94. The van der Waals surface area contributed by atoms with Crippen LogP contribution in [0.2, 0.25) is 0 Å². The minimum atomic E-state index is -0.896. The maximum atomic E-state index is 12.9. The molecule has 0 saturated carbocycles. The highest BCUT2D eigenvalue weighted by Crippen LogP contribution is 2.28. The second kappa shape index (κ2) is 8.18. The Hall–Kier alpha value is -2.97. The molecule has 4 amide bonds. The fraction of sp³-hybridized carbons (Fsp3) is 0.550. The second-order valence-corrected chi connectivity index (χ2v) is 7.77. The lowest BCUT2D eigenvalue weighted by Gasteiger charge is -2.25. The van der Waals surface area contributed by atoms with E-state index in [9.17, 15) is 14.4 Å². The normalized spacial score (nSPS) is 16.0. The second-order valence-electron chi connectivity index (χ2n) is 7.77. The van der Waals surface area contributed by atoms with Crippen LogP contribution in [-0.2, 0) is 9.59 Å². The molecule has 29 heavy (non-hydrogen) atoms. The molecule has 2 N–H and O–H groups in total. The highest BCUT2D eigenvalue weighted by Gasteiger charge is 2.50. The average Bonchev–Trinajstić information content (AvgIpc) is 3.17. The lowest BCUT2D eigenvalue weighted by Crippen LogP contribution is -2.47. The van der Waals surface area contributed by atoms with Gasteiger partial charge in [-0.15, -0.1) is 0 Å². The van der Waals surface area contributed by atoms with Gasteiger partial charge in [-0.25, -0.2) is 14.5 Å². The standard InChI is InChI=1S/C20H28N6O3/c1-5-7-20(8-6-2)18(28)25(19(29)24-20)12-16(27)23-15-9-14-10-22-26(13(3)4)17(14)21-11-15/h9-11,13H,5-8,12H2,1-4H3,(H,23,27)(H,24,29). The molecule has 0 bridgehead atoms. The summed E-state index contributed by atoms with van der Waals surface area (Å²) in [6.07, 6.45) is 5.89. The minimum absolute atomic E-state index is 0.173. The summed E-state index contributed by atoms with van der Waals surface area (Å²) < 4.78 is 1.80. The molecule has 2 aromatic rings. The molecule has 1 fully saturated rings. The molecule has 3 rings (SSSR count). The topological polar surface area (TPSA) is 109 Å². The van der Waals surface area contributed by atoms with Crippen LogP contribution < -0.4 is 10.6 Å². The van der Waals surface area contributed by atoms with Crippen LogP contribution in [0.3, 0.4) is 0 Å².